The molecule has 152 valence electrons. The van der Waals surface area contributed by atoms with Gasteiger partial charge < -0.3 is 20.6 Å². The maximum absolute atomic E-state index is 12.9. The highest BCUT2D eigenvalue weighted by Gasteiger charge is 2.56. The van der Waals surface area contributed by atoms with E-state index in [1.54, 1.807) is 13.0 Å². The van der Waals surface area contributed by atoms with Crippen LogP contribution >= 0.6 is 0 Å². The summed E-state index contributed by atoms with van der Waals surface area (Å²) in [6.07, 6.45) is 2.45. The predicted octanol–water partition coefficient (Wildman–Crippen LogP) is 0.811. The lowest BCUT2D eigenvalue weighted by molar-refractivity contribution is -0.146. The Balaban J connectivity index is 1.50. The number of carbonyl (C=O) groups excluding carboxylic acids is 3. The van der Waals surface area contributed by atoms with Crippen LogP contribution < -0.4 is 10.6 Å². The molecule has 1 saturated heterocycles. The van der Waals surface area contributed by atoms with Crippen LogP contribution in [0, 0.1) is 11.3 Å². The van der Waals surface area contributed by atoms with Crippen molar-refractivity contribution >= 4 is 23.4 Å². The number of likely N-dealkylation sites (tertiary alicyclic amines) is 1. The number of nitrogens with zero attached hydrogens (tertiary/aromatic N) is 2. The second-order valence-corrected chi connectivity index (χ2v) is 8.61. The Bertz CT molecular complexity index is 912. The molecule has 1 saturated carbocycles. The van der Waals surface area contributed by atoms with Gasteiger partial charge in [-0.3, -0.25) is 14.4 Å². The lowest BCUT2D eigenvalue weighted by atomic mass is 9.80. The van der Waals surface area contributed by atoms with Crippen LogP contribution in [-0.2, 0) is 19.8 Å². The second kappa shape index (κ2) is 6.85. The molecule has 1 aliphatic carbocycles. The fraction of sp³-hybridized carbons (Fsp3) is 0.524. The first kappa shape index (κ1) is 19.4. The first-order chi connectivity index (χ1) is 13.8. The average molecular weight is 396 g/mol. The van der Waals surface area contributed by atoms with Crippen LogP contribution in [0.15, 0.2) is 24.3 Å². The van der Waals surface area contributed by atoms with Crippen LogP contribution in [0.1, 0.15) is 44.6 Å². The van der Waals surface area contributed by atoms with E-state index < -0.39 is 28.9 Å². The summed E-state index contributed by atoms with van der Waals surface area (Å²) < 4.78 is 0. The fourth-order valence-corrected chi connectivity index (χ4v) is 4.73. The van der Waals surface area contributed by atoms with Crippen LogP contribution in [0.25, 0.3) is 0 Å². The minimum Gasteiger partial charge on any atom is -0.390 e. The van der Waals surface area contributed by atoms with E-state index in [-0.39, 0.29) is 24.9 Å². The molecule has 0 bridgehead atoms. The van der Waals surface area contributed by atoms with Crippen LogP contribution in [0.5, 0.6) is 0 Å². The summed E-state index contributed by atoms with van der Waals surface area (Å²) in [6, 6.07) is 8.29. The Morgan fingerprint density at radius 1 is 1.31 bits per heavy atom. The molecule has 2 aliphatic heterocycles. The number of anilines is 1. The van der Waals surface area contributed by atoms with Crippen molar-refractivity contribution in [2.24, 2.45) is 0 Å². The van der Waals surface area contributed by atoms with Gasteiger partial charge in [-0.2, -0.15) is 5.26 Å². The van der Waals surface area contributed by atoms with Crippen molar-refractivity contribution in [3.05, 3.63) is 29.8 Å². The predicted molar refractivity (Wildman–Crippen MR) is 104 cm³/mol. The molecular weight excluding hydrogens is 372 g/mol. The third-order valence-corrected chi connectivity index (χ3v) is 6.49. The van der Waals surface area contributed by atoms with Crippen LogP contribution in [0.3, 0.4) is 0 Å². The van der Waals surface area contributed by atoms with Gasteiger partial charge in [0.25, 0.3) is 0 Å². The van der Waals surface area contributed by atoms with Crippen LogP contribution in [-0.4, -0.2) is 52.0 Å². The quantitative estimate of drug-likeness (QED) is 0.607. The number of carbonyl (C=O) groups is 3. The minimum atomic E-state index is -1.00. The molecule has 0 radical (unpaired) electrons. The Hall–Kier alpha value is -2.92. The van der Waals surface area contributed by atoms with Crippen molar-refractivity contribution in [3.63, 3.8) is 0 Å². The summed E-state index contributed by atoms with van der Waals surface area (Å²) in [7, 11) is 0. The zero-order valence-corrected chi connectivity index (χ0v) is 16.3. The van der Waals surface area contributed by atoms with Gasteiger partial charge in [0.15, 0.2) is 0 Å². The zero-order valence-electron chi connectivity index (χ0n) is 16.3. The molecule has 1 aromatic rings. The molecule has 8 nitrogen and oxygen atoms in total. The van der Waals surface area contributed by atoms with Gasteiger partial charge in [-0.05, 0) is 44.2 Å². The molecule has 1 spiro atoms. The van der Waals surface area contributed by atoms with Crippen molar-refractivity contribution in [2.45, 2.75) is 62.1 Å². The number of rotatable bonds is 1. The van der Waals surface area contributed by atoms with E-state index >= 15 is 0 Å². The van der Waals surface area contributed by atoms with Crippen molar-refractivity contribution in [1.29, 1.82) is 5.26 Å². The average Bonchev–Trinajstić information content (AvgIpc) is 3.22. The minimum absolute atomic E-state index is 0.000293. The van der Waals surface area contributed by atoms with Gasteiger partial charge in [-0.1, -0.05) is 18.2 Å². The van der Waals surface area contributed by atoms with Gasteiger partial charge in [0, 0.05) is 24.7 Å². The summed E-state index contributed by atoms with van der Waals surface area (Å²) in [4.78, 5) is 39.4. The number of aliphatic hydroxyl groups is 1. The number of nitrogens with one attached hydrogen (secondary N) is 2. The first-order valence-corrected chi connectivity index (χ1v) is 9.90. The van der Waals surface area contributed by atoms with E-state index in [0.29, 0.717) is 31.4 Å². The van der Waals surface area contributed by atoms with Crippen LogP contribution in [0.2, 0.25) is 0 Å². The third-order valence-electron chi connectivity index (χ3n) is 6.49. The Kier molecular flexibility index (Phi) is 4.58. The summed E-state index contributed by atoms with van der Waals surface area (Å²) >= 11 is 0. The van der Waals surface area contributed by atoms with E-state index in [4.69, 9.17) is 0 Å². The SMILES string of the molecule is C[C@]1(O)CC[C@@H](NC(=O)C(=O)N2C[C@]3(C[C@H]2C#N)C(=O)Nc2ccccc23)CC1. The Labute approximate surface area is 168 Å². The normalized spacial score (nSPS) is 33.1. The third kappa shape index (κ3) is 3.25. The Morgan fingerprint density at radius 3 is 2.69 bits per heavy atom. The zero-order chi connectivity index (χ0) is 20.8. The molecule has 0 aromatic heterocycles. The topological polar surface area (TPSA) is 123 Å². The van der Waals surface area contributed by atoms with E-state index in [0.717, 1.165) is 5.56 Å². The highest BCUT2D eigenvalue weighted by Crippen LogP contribution is 2.46. The molecule has 29 heavy (non-hydrogen) atoms. The molecule has 2 atom stereocenters. The molecule has 8 heteroatoms. The lowest BCUT2D eigenvalue weighted by Gasteiger charge is -2.33. The van der Waals surface area contributed by atoms with E-state index in [1.807, 2.05) is 18.2 Å². The number of nitriles is 1. The molecule has 1 aromatic carbocycles. The number of hydrogen-bond acceptors (Lipinski definition) is 5. The highest BCUT2D eigenvalue weighted by atomic mass is 16.3. The van der Waals surface area contributed by atoms with Crippen molar-refractivity contribution in [2.75, 3.05) is 11.9 Å². The van der Waals surface area contributed by atoms with Crippen molar-refractivity contribution in [3.8, 4) is 6.07 Å². The van der Waals surface area contributed by atoms with Gasteiger partial charge in [0.1, 0.15) is 6.04 Å². The smallest absolute Gasteiger partial charge is 0.313 e. The largest absolute Gasteiger partial charge is 0.390 e. The summed E-state index contributed by atoms with van der Waals surface area (Å²) in [5, 5.41) is 25.2. The maximum atomic E-state index is 12.9. The van der Waals surface area contributed by atoms with Gasteiger partial charge in [-0.15, -0.1) is 0 Å². The molecule has 0 unspecified atom stereocenters. The number of hydrogen-bond donors (Lipinski definition) is 3. The highest BCUT2D eigenvalue weighted by molar-refractivity contribution is 6.35. The summed E-state index contributed by atoms with van der Waals surface area (Å²) in [5.41, 5.74) is -0.296. The number of fused-ring (bicyclic) bond motifs is 2. The molecular formula is C21H24N4O4. The number of benzene rings is 1. The molecule has 2 fully saturated rings. The summed E-state index contributed by atoms with van der Waals surface area (Å²) in [5.74, 6) is -1.80. The molecule has 2 heterocycles. The molecule has 3 aliphatic rings. The summed E-state index contributed by atoms with van der Waals surface area (Å²) in [6.45, 7) is 1.77. The van der Waals surface area contributed by atoms with Gasteiger partial charge in [0.2, 0.25) is 5.91 Å². The lowest BCUT2D eigenvalue weighted by Crippen LogP contribution is -2.50. The Morgan fingerprint density at radius 2 is 2.00 bits per heavy atom. The number of amides is 3. The van der Waals surface area contributed by atoms with Gasteiger partial charge >= 0.3 is 11.8 Å². The van der Waals surface area contributed by atoms with E-state index in [9.17, 15) is 24.8 Å². The van der Waals surface area contributed by atoms with E-state index in [1.165, 1.54) is 4.90 Å². The number of para-hydroxylation sites is 1. The monoisotopic (exact) mass is 396 g/mol. The van der Waals surface area contributed by atoms with E-state index in [2.05, 4.69) is 16.7 Å². The second-order valence-electron chi connectivity index (χ2n) is 8.61. The van der Waals surface area contributed by atoms with Gasteiger partial charge in [-0.25, -0.2) is 0 Å². The molecule has 3 amide bonds. The van der Waals surface area contributed by atoms with Gasteiger partial charge in [0.05, 0.1) is 17.1 Å². The fourth-order valence-electron chi connectivity index (χ4n) is 4.73. The van der Waals surface area contributed by atoms with Crippen molar-refractivity contribution < 1.29 is 19.5 Å². The van der Waals surface area contributed by atoms with Crippen LogP contribution in [0.4, 0.5) is 5.69 Å². The van der Waals surface area contributed by atoms with Crippen molar-refractivity contribution in [1.82, 2.24) is 10.2 Å². The first-order valence-electron chi connectivity index (χ1n) is 9.90. The molecule has 4 rings (SSSR count). The standard InChI is InChI=1S/C21H24N4O4/c1-20(29)8-6-13(7-9-20)23-17(26)18(27)25-12-21(10-14(25)11-22)15-4-2-3-5-16(15)24-19(21)28/h2-5,13-14,29H,6-10,12H2,1H3,(H,23,26)(H,24,28)/t13-,14-,20+,21-/m0/s1. The maximum Gasteiger partial charge on any atom is 0.313 e. The molecule has 3 N–H and O–H groups in total.